The summed E-state index contributed by atoms with van der Waals surface area (Å²) in [4.78, 5) is 19.9. The van der Waals surface area contributed by atoms with Crippen molar-refractivity contribution < 1.29 is 18.0 Å². The van der Waals surface area contributed by atoms with E-state index in [1.807, 2.05) is 0 Å². The molecule has 4 nitrogen and oxygen atoms in total. The number of hydrogen-bond donors (Lipinski definition) is 1. The van der Waals surface area contributed by atoms with E-state index >= 15 is 0 Å². The molecule has 0 saturated heterocycles. The predicted molar refractivity (Wildman–Crippen MR) is 86.5 cm³/mol. The van der Waals surface area contributed by atoms with Crippen LogP contribution >= 0.6 is 0 Å². The van der Waals surface area contributed by atoms with Gasteiger partial charge >= 0.3 is 0 Å². The molecule has 0 saturated carbocycles. The highest BCUT2D eigenvalue weighted by atomic mass is 19.1. The number of amides is 1. The van der Waals surface area contributed by atoms with Gasteiger partial charge in [-0.15, -0.1) is 0 Å². The summed E-state index contributed by atoms with van der Waals surface area (Å²) >= 11 is 0. The highest BCUT2D eigenvalue weighted by Gasteiger charge is 2.18. The van der Waals surface area contributed by atoms with Gasteiger partial charge in [0.15, 0.2) is 0 Å². The zero-order chi connectivity index (χ0) is 18.0. The summed E-state index contributed by atoms with van der Waals surface area (Å²) in [5.41, 5.74) is 0.885. The molecule has 7 heteroatoms. The van der Waals surface area contributed by atoms with Crippen LogP contribution in [0.15, 0.2) is 48.9 Å². The first-order valence-corrected chi connectivity index (χ1v) is 7.28. The normalized spacial score (nSPS) is 10.6. The van der Waals surface area contributed by atoms with Crippen LogP contribution in [0.5, 0.6) is 0 Å². The van der Waals surface area contributed by atoms with E-state index in [1.54, 1.807) is 19.2 Å². The molecule has 2 heterocycles. The van der Waals surface area contributed by atoms with Crippen molar-refractivity contribution in [2.24, 2.45) is 0 Å². The highest BCUT2D eigenvalue weighted by Crippen LogP contribution is 2.28. The lowest BCUT2D eigenvalue weighted by Crippen LogP contribution is -2.15. The van der Waals surface area contributed by atoms with Crippen LogP contribution in [0, 0.1) is 24.4 Å². The van der Waals surface area contributed by atoms with Gasteiger partial charge in [-0.25, -0.2) is 18.2 Å². The van der Waals surface area contributed by atoms with Gasteiger partial charge in [-0.3, -0.25) is 9.78 Å². The fourth-order valence-corrected chi connectivity index (χ4v) is 2.31. The first kappa shape index (κ1) is 16.6. The SMILES string of the molecule is Cc1ccncc1-c1cc(C(=O)Nc2ccc(F)cn2)c(F)cc1F. The van der Waals surface area contributed by atoms with Gasteiger partial charge in [-0.05, 0) is 36.8 Å². The Morgan fingerprint density at radius 3 is 2.48 bits per heavy atom. The molecular weight excluding hydrogens is 331 g/mol. The molecule has 2 aromatic heterocycles. The summed E-state index contributed by atoms with van der Waals surface area (Å²) in [5.74, 6) is -3.15. The van der Waals surface area contributed by atoms with Gasteiger partial charge in [0.1, 0.15) is 23.3 Å². The van der Waals surface area contributed by atoms with Gasteiger partial charge < -0.3 is 5.32 Å². The minimum Gasteiger partial charge on any atom is -0.306 e. The van der Waals surface area contributed by atoms with E-state index in [4.69, 9.17) is 0 Å². The Balaban J connectivity index is 1.99. The predicted octanol–water partition coefficient (Wildman–Crippen LogP) is 4.12. The smallest absolute Gasteiger partial charge is 0.259 e. The molecule has 0 spiro atoms. The molecule has 3 rings (SSSR count). The van der Waals surface area contributed by atoms with Gasteiger partial charge in [0, 0.05) is 29.6 Å². The van der Waals surface area contributed by atoms with E-state index in [9.17, 15) is 18.0 Å². The number of hydrogen-bond acceptors (Lipinski definition) is 3. The maximum atomic E-state index is 14.2. The monoisotopic (exact) mass is 343 g/mol. The number of nitrogens with zero attached hydrogens (tertiary/aromatic N) is 2. The van der Waals surface area contributed by atoms with Crippen molar-refractivity contribution in [2.75, 3.05) is 5.32 Å². The number of benzene rings is 1. The third kappa shape index (κ3) is 3.50. The van der Waals surface area contributed by atoms with Crippen molar-refractivity contribution in [1.29, 1.82) is 0 Å². The van der Waals surface area contributed by atoms with Gasteiger partial charge in [0.25, 0.3) is 5.91 Å². The third-order valence-corrected chi connectivity index (χ3v) is 3.60. The first-order chi connectivity index (χ1) is 12.0. The lowest BCUT2D eigenvalue weighted by Gasteiger charge is -2.10. The number of pyridine rings is 2. The Morgan fingerprint density at radius 2 is 1.80 bits per heavy atom. The number of nitrogens with one attached hydrogen (secondary N) is 1. The number of aromatic nitrogens is 2. The number of carbonyl (C=O) groups is 1. The topological polar surface area (TPSA) is 54.9 Å². The summed E-state index contributed by atoms with van der Waals surface area (Å²) in [6.45, 7) is 1.75. The molecule has 0 atom stereocenters. The van der Waals surface area contributed by atoms with Crippen LogP contribution in [0.1, 0.15) is 15.9 Å². The van der Waals surface area contributed by atoms with Crippen molar-refractivity contribution in [3.05, 3.63) is 77.5 Å². The molecule has 1 N–H and O–H groups in total. The number of aryl methyl sites for hydroxylation is 1. The first-order valence-electron chi connectivity index (χ1n) is 7.28. The van der Waals surface area contributed by atoms with Crippen LogP contribution in [0.25, 0.3) is 11.1 Å². The number of halogens is 3. The zero-order valence-electron chi connectivity index (χ0n) is 13.1. The van der Waals surface area contributed by atoms with Crippen LogP contribution in [0.3, 0.4) is 0 Å². The minimum absolute atomic E-state index is 0.0502. The van der Waals surface area contributed by atoms with Gasteiger partial charge in [0.2, 0.25) is 0 Å². The zero-order valence-corrected chi connectivity index (χ0v) is 13.1. The molecule has 3 aromatic rings. The average molecular weight is 343 g/mol. The van der Waals surface area contributed by atoms with E-state index in [0.29, 0.717) is 11.6 Å². The summed E-state index contributed by atoms with van der Waals surface area (Å²) < 4.78 is 41.1. The molecule has 0 bridgehead atoms. The van der Waals surface area contributed by atoms with E-state index in [0.717, 1.165) is 23.9 Å². The van der Waals surface area contributed by atoms with E-state index in [2.05, 4.69) is 15.3 Å². The maximum absolute atomic E-state index is 14.2. The Labute approximate surface area is 141 Å². The molecule has 0 fully saturated rings. The molecule has 0 aliphatic rings. The Hall–Kier alpha value is -3.22. The van der Waals surface area contributed by atoms with Crippen LogP contribution in [-0.4, -0.2) is 15.9 Å². The number of rotatable bonds is 3. The molecule has 0 unspecified atom stereocenters. The summed E-state index contributed by atoms with van der Waals surface area (Å²) in [5, 5.41) is 2.34. The Bertz CT molecular complexity index is 943. The molecule has 25 heavy (non-hydrogen) atoms. The second kappa shape index (κ2) is 6.72. The molecule has 126 valence electrons. The summed E-state index contributed by atoms with van der Waals surface area (Å²) in [6, 6.07) is 5.79. The average Bonchev–Trinajstić information content (AvgIpc) is 2.58. The summed E-state index contributed by atoms with van der Waals surface area (Å²) in [7, 11) is 0. The second-order valence-corrected chi connectivity index (χ2v) is 5.32. The lowest BCUT2D eigenvalue weighted by atomic mass is 9.99. The standard InChI is InChI=1S/C18H12F3N3O/c1-10-4-5-22-9-14(10)12-6-13(16(21)7-15(12)20)18(25)24-17-3-2-11(19)8-23-17/h2-9H,1H3,(H,23,24,25). The van der Waals surface area contributed by atoms with Crippen molar-refractivity contribution in [2.45, 2.75) is 6.92 Å². The van der Waals surface area contributed by atoms with Crippen LogP contribution in [0.2, 0.25) is 0 Å². The molecule has 0 aliphatic heterocycles. The number of carbonyl (C=O) groups excluding carboxylic acids is 1. The second-order valence-electron chi connectivity index (χ2n) is 5.32. The Morgan fingerprint density at radius 1 is 1.00 bits per heavy atom. The van der Waals surface area contributed by atoms with Gasteiger partial charge in [-0.2, -0.15) is 0 Å². The third-order valence-electron chi connectivity index (χ3n) is 3.60. The molecule has 0 radical (unpaired) electrons. The number of anilines is 1. The van der Waals surface area contributed by atoms with Crippen molar-refractivity contribution in [1.82, 2.24) is 9.97 Å². The Kier molecular flexibility index (Phi) is 4.47. The molecule has 1 aromatic carbocycles. The van der Waals surface area contributed by atoms with Crippen LogP contribution in [0.4, 0.5) is 19.0 Å². The fraction of sp³-hybridized carbons (Fsp3) is 0.0556. The van der Waals surface area contributed by atoms with Gasteiger partial charge in [0.05, 0.1) is 11.8 Å². The van der Waals surface area contributed by atoms with E-state index in [-0.39, 0.29) is 16.9 Å². The van der Waals surface area contributed by atoms with E-state index < -0.39 is 23.4 Å². The quantitative estimate of drug-likeness (QED) is 0.778. The minimum atomic E-state index is -1.01. The van der Waals surface area contributed by atoms with Crippen LogP contribution in [-0.2, 0) is 0 Å². The highest BCUT2D eigenvalue weighted by molar-refractivity contribution is 6.04. The van der Waals surface area contributed by atoms with E-state index in [1.165, 1.54) is 12.3 Å². The lowest BCUT2D eigenvalue weighted by molar-refractivity contribution is 0.102. The van der Waals surface area contributed by atoms with Crippen molar-refractivity contribution in [3.63, 3.8) is 0 Å². The summed E-state index contributed by atoms with van der Waals surface area (Å²) in [6.07, 6.45) is 3.91. The van der Waals surface area contributed by atoms with Crippen molar-refractivity contribution in [3.8, 4) is 11.1 Å². The molecular formula is C18H12F3N3O. The molecule has 1 amide bonds. The molecule has 0 aliphatic carbocycles. The largest absolute Gasteiger partial charge is 0.306 e. The van der Waals surface area contributed by atoms with Crippen LogP contribution < -0.4 is 5.32 Å². The fourth-order valence-electron chi connectivity index (χ4n) is 2.31. The maximum Gasteiger partial charge on any atom is 0.259 e. The van der Waals surface area contributed by atoms with Gasteiger partial charge in [-0.1, -0.05) is 0 Å². The van der Waals surface area contributed by atoms with Crippen molar-refractivity contribution >= 4 is 11.7 Å².